The Balaban J connectivity index is 0.000000641. The molecule has 0 aliphatic carbocycles. The van der Waals surface area contributed by atoms with Crippen LogP contribution in [0.15, 0.2) is 36.8 Å². The Bertz CT molecular complexity index is 982. The Morgan fingerprint density at radius 3 is 2.34 bits per heavy atom. The number of carbonyl (C=O) groups is 3. The quantitative estimate of drug-likeness (QED) is 0.360. The number of carboxylic acid groups (broad SMARTS) is 2. The number of aromatic nitrogens is 2. The lowest BCUT2D eigenvalue weighted by Crippen LogP contribution is -2.47. The maximum Gasteiger partial charge on any atom is 0.414 e. The molecule has 0 unspecified atom stereocenters. The van der Waals surface area contributed by atoms with E-state index in [0.29, 0.717) is 11.4 Å². The number of ether oxygens (including phenoxy) is 1. The molecule has 12 heteroatoms. The molecule has 0 saturated carbocycles. The number of nitrogens with one attached hydrogen (secondary N) is 1. The van der Waals surface area contributed by atoms with Crippen molar-refractivity contribution in [3.8, 4) is 5.75 Å². The summed E-state index contributed by atoms with van der Waals surface area (Å²) in [5.74, 6) is -2.22. The number of hydrogen-bond acceptors (Lipinski definition) is 9. The lowest BCUT2D eigenvalue weighted by Gasteiger charge is -2.36. The molecule has 0 bridgehead atoms. The molecule has 35 heavy (non-hydrogen) atoms. The summed E-state index contributed by atoms with van der Waals surface area (Å²) >= 11 is 0. The maximum atomic E-state index is 12.2. The molecule has 0 atom stereocenters. The molecule has 2 heterocycles. The van der Waals surface area contributed by atoms with Crippen molar-refractivity contribution < 1.29 is 29.3 Å². The molecule has 1 aliphatic rings. The van der Waals surface area contributed by atoms with Gasteiger partial charge in [-0.3, -0.25) is 9.69 Å². The molecular formula is C23H32N6O6. The summed E-state index contributed by atoms with van der Waals surface area (Å²) in [6.45, 7) is 5.79. The number of methoxy groups -OCH3 is 1. The van der Waals surface area contributed by atoms with Gasteiger partial charge in [-0.25, -0.2) is 19.6 Å². The first-order chi connectivity index (χ1) is 16.7. The third-order valence-corrected chi connectivity index (χ3v) is 5.27. The fourth-order valence-electron chi connectivity index (χ4n) is 3.48. The maximum absolute atomic E-state index is 12.2. The zero-order valence-electron chi connectivity index (χ0n) is 20.2. The number of hydrogen-bond donors (Lipinski definition) is 3. The van der Waals surface area contributed by atoms with Crippen LogP contribution in [0.25, 0.3) is 0 Å². The molecule has 12 nitrogen and oxygen atoms in total. The predicted molar refractivity (Wildman–Crippen MR) is 130 cm³/mol. The van der Waals surface area contributed by atoms with Crippen molar-refractivity contribution in [1.82, 2.24) is 19.8 Å². The number of aliphatic carboxylic acids is 2. The van der Waals surface area contributed by atoms with E-state index in [2.05, 4.69) is 37.2 Å². The van der Waals surface area contributed by atoms with Gasteiger partial charge < -0.3 is 30.1 Å². The SMILES string of the molecule is COc1ccccc1N1CCN(CCCNc2ncncc2C(=O)N(C)C)CC1.O=C(O)C(=O)O. The zero-order valence-corrected chi connectivity index (χ0v) is 20.2. The van der Waals surface area contributed by atoms with Crippen LogP contribution in [-0.4, -0.2) is 108 Å². The van der Waals surface area contributed by atoms with Crippen molar-refractivity contribution in [2.45, 2.75) is 6.42 Å². The number of piperazine rings is 1. The third kappa shape index (κ3) is 8.41. The van der Waals surface area contributed by atoms with Gasteiger partial charge in [0, 0.05) is 53.0 Å². The molecule has 0 spiro atoms. The van der Waals surface area contributed by atoms with Crippen LogP contribution < -0.4 is 15.0 Å². The zero-order chi connectivity index (χ0) is 25.8. The lowest BCUT2D eigenvalue weighted by molar-refractivity contribution is -0.159. The van der Waals surface area contributed by atoms with Gasteiger partial charge in [-0.15, -0.1) is 0 Å². The standard InChI is InChI=1S/C21H30N6O2.C2H2O4/c1-25(2)21(28)17-15-22-16-24-20(17)23-9-6-10-26-11-13-27(14-12-26)18-7-4-5-8-19(18)29-3;3-1(4)2(5)6/h4-5,7-8,15-16H,6,9-14H2,1-3H3,(H,22,23,24);(H,3,4)(H,5,6). The van der Waals surface area contributed by atoms with E-state index < -0.39 is 11.9 Å². The molecule has 190 valence electrons. The molecule has 2 aromatic rings. The van der Waals surface area contributed by atoms with E-state index in [1.54, 1.807) is 27.4 Å². The van der Waals surface area contributed by atoms with Gasteiger partial charge in [0.1, 0.15) is 23.5 Å². The average molecular weight is 489 g/mol. The van der Waals surface area contributed by atoms with Gasteiger partial charge in [0.15, 0.2) is 0 Å². The monoisotopic (exact) mass is 488 g/mol. The van der Waals surface area contributed by atoms with Crippen LogP contribution in [0.4, 0.5) is 11.5 Å². The van der Waals surface area contributed by atoms with Crippen LogP contribution in [0, 0.1) is 0 Å². The lowest BCUT2D eigenvalue weighted by atomic mass is 10.2. The van der Waals surface area contributed by atoms with Gasteiger partial charge in [-0.05, 0) is 25.1 Å². The molecular weight excluding hydrogens is 456 g/mol. The first-order valence-electron chi connectivity index (χ1n) is 11.1. The molecule has 1 saturated heterocycles. The molecule has 1 aromatic carbocycles. The highest BCUT2D eigenvalue weighted by atomic mass is 16.5. The van der Waals surface area contributed by atoms with E-state index in [1.807, 2.05) is 12.1 Å². The average Bonchev–Trinajstić information content (AvgIpc) is 2.87. The minimum atomic E-state index is -1.82. The summed E-state index contributed by atoms with van der Waals surface area (Å²) in [6.07, 6.45) is 4.01. The van der Waals surface area contributed by atoms with Gasteiger partial charge in [0.05, 0.1) is 12.8 Å². The van der Waals surface area contributed by atoms with Crippen LogP contribution in [0.5, 0.6) is 5.75 Å². The summed E-state index contributed by atoms with van der Waals surface area (Å²) in [7, 11) is 5.17. The number of amides is 1. The first kappa shape index (κ1) is 27.3. The second-order valence-corrected chi connectivity index (χ2v) is 7.88. The molecule has 3 rings (SSSR count). The Kier molecular flexibility index (Phi) is 10.7. The highest BCUT2D eigenvalue weighted by Crippen LogP contribution is 2.28. The first-order valence-corrected chi connectivity index (χ1v) is 11.1. The van der Waals surface area contributed by atoms with E-state index in [1.165, 1.54) is 11.2 Å². The highest BCUT2D eigenvalue weighted by molar-refractivity contribution is 6.27. The number of rotatable bonds is 8. The van der Waals surface area contributed by atoms with Crippen LogP contribution in [0.3, 0.4) is 0 Å². The second kappa shape index (κ2) is 13.7. The van der Waals surface area contributed by atoms with Crippen LogP contribution in [0.2, 0.25) is 0 Å². The van der Waals surface area contributed by atoms with Crippen molar-refractivity contribution in [3.63, 3.8) is 0 Å². The Hall–Kier alpha value is -3.93. The van der Waals surface area contributed by atoms with Gasteiger partial charge in [0.25, 0.3) is 5.91 Å². The van der Waals surface area contributed by atoms with Crippen LogP contribution in [0.1, 0.15) is 16.8 Å². The van der Waals surface area contributed by atoms with Crippen LogP contribution >= 0.6 is 0 Å². The van der Waals surface area contributed by atoms with Gasteiger partial charge in [-0.1, -0.05) is 12.1 Å². The summed E-state index contributed by atoms with van der Waals surface area (Å²) < 4.78 is 5.49. The van der Waals surface area contributed by atoms with Crippen molar-refractivity contribution in [1.29, 1.82) is 0 Å². The fraction of sp³-hybridized carbons (Fsp3) is 0.435. The van der Waals surface area contributed by atoms with Gasteiger partial charge in [0.2, 0.25) is 0 Å². The molecule has 1 aliphatic heterocycles. The number of para-hydroxylation sites is 2. The Morgan fingerprint density at radius 1 is 1.09 bits per heavy atom. The Labute approximate surface area is 204 Å². The molecule has 1 fully saturated rings. The van der Waals surface area contributed by atoms with Crippen molar-refractivity contribution in [2.75, 3.05) is 70.7 Å². The number of nitrogens with zero attached hydrogens (tertiary/aromatic N) is 5. The minimum absolute atomic E-state index is 0.0967. The minimum Gasteiger partial charge on any atom is -0.495 e. The number of benzene rings is 1. The normalized spacial score (nSPS) is 13.3. The van der Waals surface area contributed by atoms with E-state index in [9.17, 15) is 4.79 Å². The fourth-order valence-corrected chi connectivity index (χ4v) is 3.48. The van der Waals surface area contributed by atoms with Crippen molar-refractivity contribution in [3.05, 3.63) is 42.4 Å². The molecule has 3 N–H and O–H groups in total. The van der Waals surface area contributed by atoms with E-state index in [4.69, 9.17) is 24.5 Å². The van der Waals surface area contributed by atoms with Gasteiger partial charge >= 0.3 is 11.9 Å². The summed E-state index contributed by atoms with van der Waals surface area (Å²) in [6, 6.07) is 8.18. The molecule has 1 aromatic heterocycles. The van der Waals surface area contributed by atoms with E-state index >= 15 is 0 Å². The van der Waals surface area contributed by atoms with Crippen LogP contribution in [-0.2, 0) is 9.59 Å². The summed E-state index contributed by atoms with van der Waals surface area (Å²) in [5.41, 5.74) is 1.67. The topological polar surface area (TPSA) is 148 Å². The highest BCUT2D eigenvalue weighted by Gasteiger charge is 2.19. The van der Waals surface area contributed by atoms with E-state index in [-0.39, 0.29) is 5.91 Å². The molecule has 0 radical (unpaired) electrons. The van der Waals surface area contributed by atoms with E-state index in [0.717, 1.165) is 57.1 Å². The smallest absolute Gasteiger partial charge is 0.414 e. The van der Waals surface area contributed by atoms with Crippen molar-refractivity contribution >= 4 is 29.4 Å². The Morgan fingerprint density at radius 2 is 1.74 bits per heavy atom. The third-order valence-electron chi connectivity index (χ3n) is 5.27. The number of carbonyl (C=O) groups excluding carboxylic acids is 1. The molecule has 1 amide bonds. The second-order valence-electron chi connectivity index (χ2n) is 7.88. The summed E-state index contributed by atoms with van der Waals surface area (Å²) in [4.78, 5) is 45.0. The number of carboxylic acids is 2. The van der Waals surface area contributed by atoms with Crippen molar-refractivity contribution in [2.24, 2.45) is 0 Å². The number of anilines is 2. The summed E-state index contributed by atoms with van der Waals surface area (Å²) in [5, 5.41) is 18.1. The van der Waals surface area contributed by atoms with Gasteiger partial charge in [-0.2, -0.15) is 0 Å². The predicted octanol–water partition coefficient (Wildman–Crippen LogP) is 0.967. The largest absolute Gasteiger partial charge is 0.495 e.